The Kier molecular flexibility index (Phi) is 10.4. The molecule has 1 aliphatic heterocycles. The van der Waals surface area contributed by atoms with Crippen LogP contribution >= 0.6 is 11.8 Å². The van der Waals surface area contributed by atoms with E-state index in [-0.39, 0.29) is 19.8 Å². The molecular formula is C23H33N7O4S. The summed E-state index contributed by atoms with van der Waals surface area (Å²) in [6.45, 7) is 5.12. The van der Waals surface area contributed by atoms with Crippen LogP contribution in [-0.4, -0.2) is 64.6 Å². The van der Waals surface area contributed by atoms with Gasteiger partial charge < -0.3 is 35.5 Å². The van der Waals surface area contributed by atoms with Crippen molar-refractivity contribution in [2.24, 2.45) is 5.73 Å². The summed E-state index contributed by atoms with van der Waals surface area (Å²) in [6.07, 6.45) is 6.01. The van der Waals surface area contributed by atoms with Crippen LogP contribution in [0.15, 0.2) is 28.5 Å². The minimum Gasteiger partial charge on any atom is -0.454 e. The number of amides is 1. The Labute approximate surface area is 208 Å². The van der Waals surface area contributed by atoms with Gasteiger partial charge in [0, 0.05) is 31.6 Å². The quantitative estimate of drug-likeness (QED) is 0.214. The first-order valence-electron chi connectivity index (χ1n) is 11.6. The lowest BCUT2D eigenvalue weighted by molar-refractivity contribution is -0.106. The van der Waals surface area contributed by atoms with Gasteiger partial charge in [0.1, 0.15) is 6.33 Å². The van der Waals surface area contributed by atoms with E-state index < -0.39 is 0 Å². The van der Waals surface area contributed by atoms with Gasteiger partial charge in [0.2, 0.25) is 13.2 Å². The molecule has 3 heterocycles. The molecule has 0 fully saturated rings. The highest BCUT2D eigenvalue weighted by Gasteiger charge is 2.20. The van der Waals surface area contributed by atoms with E-state index in [4.69, 9.17) is 24.4 Å². The van der Waals surface area contributed by atoms with E-state index in [1.807, 2.05) is 19.2 Å². The lowest BCUT2D eigenvalue weighted by Gasteiger charge is -2.11. The lowest BCUT2D eigenvalue weighted by Crippen LogP contribution is -2.21. The Balaban J connectivity index is 0.00000108. The summed E-state index contributed by atoms with van der Waals surface area (Å²) in [5.74, 6) is 2.26. The molecule has 1 amide bonds. The van der Waals surface area contributed by atoms with Crippen LogP contribution in [0.4, 0.5) is 5.82 Å². The number of rotatable bonds is 12. The average Bonchev–Trinajstić information content (AvgIpc) is 3.45. The maximum Gasteiger partial charge on any atom is 0.231 e. The zero-order valence-electron chi connectivity index (χ0n) is 20.1. The fourth-order valence-electron chi connectivity index (χ4n) is 3.64. The van der Waals surface area contributed by atoms with Crippen LogP contribution in [0.25, 0.3) is 11.2 Å². The fraction of sp³-hybridized carbons (Fsp3) is 0.478. The van der Waals surface area contributed by atoms with Crippen molar-refractivity contribution in [3.63, 3.8) is 0 Å². The molecular weight excluding hydrogens is 470 g/mol. The number of unbranched alkanes of at least 4 members (excludes halogenated alkanes) is 3. The van der Waals surface area contributed by atoms with Crippen LogP contribution in [0.2, 0.25) is 0 Å². The van der Waals surface area contributed by atoms with Gasteiger partial charge >= 0.3 is 0 Å². The van der Waals surface area contributed by atoms with Crippen molar-refractivity contribution in [2.45, 2.75) is 49.2 Å². The topological polar surface area (TPSA) is 149 Å². The number of aliphatic hydroxyl groups excluding tert-OH is 1. The van der Waals surface area contributed by atoms with Crippen molar-refractivity contribution in [1.29, 1.82) is 0 Å². The number of nitrogens with two attached hydrogens (primary N) is 1. The number of hydrogen-bond acceptors (Lipinski definition) is 10. The normalized spacial score (nSPS) is 11.9. The van der Waals surface area contributed by atoms with E-state index in [1.54, 1.807) is 18.1 Å². The smallest absolute Gasteiger partial charge is 0.231 e. The summed E-state index contributed by atoms with van der Waals surface area (Å²) in [6, 6.07) is 4.02. The monoisotopic (exact) mass is 503 g/mol. The van der Waals surface area contributed by atoms with Gasteiger partial charge in [-0.2, -0.15) is 0 Å². The maximum atomic E-state index is 8.88. The third kappa shape index (κ3) is 6.96. The van der Waals surface area contributed by atoms with E-state index in [1.165, 1.54) is 0 Å². The first-order chi connectivity index (χ1) is 17.1. The van der Waals surface area contributed by atoms with Crippen molar-refractivity contribution < 1.29 is 19.4 Å². The predicted molar refractivity (Wildman–Crippen MR) is 135 cm³/mol. The summed E-state index contributed by atoms with van der Waals surface area (Å²) < 4.78 is 13.2. The van der Waals surface area contributed by atoms with Crippen molar-refractivity contribution in [2.75, 3.05) is 38.9 Å². The van der Waals surface area contributed by atoms with E-state index in [0.29, 0.717) is 0 Å². The number of hydrogen-bond donors (Lipinski definition) is 4. The van der Waals surface area contributed by atoms with Crippen molar-refractivity contribution in [3.05, 3.63) is 24.0 Å². The molecule has 3 aromatic rings. The molecule has 0 radical (unpaired) electrons. The van der Waals surface area contributed by atoms with Crippen LogP contribution in [-0.2, 0) is 11.3 Å². The third-order valence-corrected chi connectivity index (χ3v) is 6.53. The van der Waals surface area contributed by atoms with Crippen LogP contribution < -0.4 is 25.8 Å². The zero-order chi connectivity index (χ0) is 25.0. The molecule has 190 valence electrons. The Morgan fingerprint density at radius 2 is 1.91 bits per heavy atom. The number of anilines is 1. The summed E-state index contributed by atoms with van der Waals surface area (Å²) in [5, 5.41) is 16.4. The average molecular weight is 504 g/mol. The molecule has 0 saturated carbocycles. The Morgan fingerprint density at radius 1 is 1.17 bits per heavy atom. The van der Waals surface area contributed by atoms with Crippen LogP contribution in [0.5, 0.6) is 11.5 Å². The molecule has 1 aromatic carbocycles. The zero-order valence-corrected chi connectivity index (χ0v) is 20.9. The number of nitrogens with one attached hydrogen (secondary N) is 2. The molecule has 0 unspecified atom stereocenters. The number of aryl methyl sites for hydroxylation is 1. The van der Waals surface area contributed by atoms with Gasteiger partial charge in [0.15, 0.2) is 33.6 Å². The van der Waals surface area contributed by atoms with Gasteiger partial charge in [-0.25, -0.2) is 15.0 Å². The van der Waals surface area contributed by atoms with E-state index in [2.05, 4.69) is 37.8 Å². The number of imidazole rings is 1. The fourth-order valence-corrected chi connectivity index (χ4v) is 4.65. The first-order valence-corrected chi connectivity index (χ1v) is 12.4. The van der Waals surface area contributed by atoms with E-state index in [0.717, 1.165) is 89.4 Å². The number of primary amides is 1. The molecule has 2 aromatic heterocycles. The predicted octanol–water partition coefficient (Wildman–Crippen LogP) is 2.30. The van der Waals surface area contributed by atoms with Gasteiger partial charge in [0.05, 0.1) is 0 Å². The lowest BCUT2D eigenvalue weighted by atomic mass is 10.2. The second-order valence-electron chi connectivity index (χ2n) is 7.79. The number of aliphatic hydroxyl groups is 1. The van der Waals surface area contributed by atoms with Crippen molar-refractivity contribution in [3.8, 4) is 11.5 Å². The number of carbonyl (C=O) groups is 1. The molecule has 1 aliphatic rings. The van der Waals surface area contributed by atoms with E-state index >= 15 is 0 Å². The summed E-state index contributed by atoms with van der Waals surface area (Å²) in [5.41, 5.74) is 6.86. The molecule has 0 spiro atoms. The van der Waals surface area contributed by atoms with Gasteiger partial charge in [0.25, 0.3) is 0 Å². The number of nitrogens with zero attached hydrogens (tertiary/aromatic N) is 4. The van der Waals surface area contributed by atoms with Crippen molar-refractivity contribution >= 4 is 35.2 Å². The second-order valence-corrected chi connectivity index (χ2v) is 8.80. The summed E-state index contributed by atoms with van der Waals surface area (Å²) in [7, 11) is 1.84. The molecule has 0 atom stereocenters. The number of carbonyl (C=O) groups excluding carboxylic acids is 1. The number of aromatic nitrogens is 4. The third-order valence-electron chi connectivity index (χ3n) is 5.38. The Bertz CT molecular complexity index is 1110. The van der Waals surface area contributed by atoms with Crippen LogP contribution in [0, 0.1) is 6.92 Å². The van der Waals surface area contributed by atoms with Crippen LogP contribution in [0.3, 0.4) is 0 Å². The number of fused-ring (bicyclic) bond motifs is 2. The largest absolute Gasteiger partial charge is 0.454 e. The minimum atomic E-state index is 0.250. The standard InChI is InChI=1S/C22H30N6O3S.CH3NO/c1-15-11-16-17(31-14-30-16)12-18(15)32-22-27-19-20(23-2)25-13-26-21(19)28(22)9-8-24-7-5-3-4-6-10-29;2-1-3/h11-13,24,29H,3-10,14H2,1-2H3,(H,23,25,26);1H,(H2,2,3). The van der Waals surface area contributed by atoms with Crippen LogP contribution in [0.1, 0.15) is 31.2 Å². The second kappa shape index (κ2) is 13.7. The van der Waals surface area contributed by atoms with Gasteiger partial charge in [-0.3, -0.25) is 4.79 Å². The van der Waals surface area contributed by atoms with Gasteiger partial charge in [-0.1, -0.05) is 24.6 Å². The Hall–Kier alpha value is -3.09. The highest BCUT2D eigenvalue weighted by molar-refractivity contribution is 7.99. The maximum absolute atomic E-state index is 8.88. The van der Waals surface area contributed by atoms with Crippen molar-refractivity contribution in [1.82, 2.24) is 24.8 Å². The molecule has 4 rings (SSSR count). The summed E-state index contributed by atoms with van der Waals surface area (Å²) in [4.78, 5) is 23.4. The number of benzene rings is 1. The van der Waals surface area contributed by atoms with E-state index in [9.17, 15) is 0 Å². The molecule has 0 saturated heterocycles. The first kappa shape index (κ1) is 26.5. The number of ether oxygens (including phenoxy) is 2. The molecule has 12 heteroatoms. The molecule has 11 nitrogen and oxygen atoms in total. The highest BCUT2D eigenvalue weighted by atomic mass is 32.2. The SMILES string of the molecule is CNc1ncnc2c1nc(Sc1cc3c(cc1C)OCO3)n2CCNCCCCCCO.NC=O. The molecule has 35 heavy (non-hydrogen) atoms. The minimum absolute atomic E-state index is 0.250. The van der Waals surface area contributed by atoms with Gasteiger partial charge in [-0.05, 0) is 44.0 Å². The molecule has 0 aliphatic carbocycles. The highest BCUT2D eigenvalue weighted by Crippen LogP contribution is 2.40. The molecule has 5 N–H and O–H groups in total. The molecule has 0 bridgehead atoms. The summed E-state index contributed by atoms with van der Waals surface area (Å²) >= 11 is 1.60. The van der Waals surface area contributed by atoms with Gasteiger partial charge in [-0.15, -0.1) is 0 Å². The Morgan fingerprint density at radius 3 is 2.66 bits per heavy atom.